The second kappa shape index (κ2) is 22.7. The molecule has 0 bridgehead atoms. The first-order valence-electron chi connectivity index (χ1n) is 23.8. The number of para-hydroxylation sites is 6. The van der Waals surface area contributed by atoms with Gasteiger partial charge in [-0.05, 0) is 67.1 Å². The molecule has 9 aromatic carbocycles. The van der Waals surface area contributed by atoms with Crippen molar-refractivity contribution in [1.82, 2.24) is 0 Å². The van der Waals surface area contributed by atoms with Crippen molar-refractivity contribution in [3.8, 4) is 63.2 Å². The lowest BCUT2D eigenvalue weighted by atomic mass is 9.97. The van der Waals surface area contributed by atoms with E-state index in [-0.39, 0.29) is 74.3 Å². The number of aromatic hydroxyl groups is 7. The third-order valence-corrected chi connectivity index (χ3v) is 12.5. The van der Waals surface area contributed by atoms with Gasteiger partial charge in [-0.1, -0.05) is 109 Å². The van der Waals surface area contributed by atoms with E-state index in [1.54, 1.807) is 128 Å². The number of nitro groups is 1. The van der Waals surface area contributed by atoms with Crippen molar-refractivity contribution < 1.29 is 54.5 Å². The molecule has 0 saturated heterocycles. The molecule has 0 amide bonds. The van der Waals surface area contributed by atoms with Gasteiger partial charge in [0.1, 0.15) is 75.6 Å². The minimum atomic E-state index is -1.05. The van der Waals surface area contributed by atoms with E-state index in [2.05, 4.69) is 4.99 Å². The number of rotatable bonds is 17. The van der Waals surface area contributed by atoms with Crippen LogP contribution in [0.3, 0.4) is 0 Å². The second-order valence-corrected chi connectivity index (χ2v) is 17.6. The number of phenolic OH excluding ortho intramolecular Hbond substituents is 7. The van der Waals surface area contributed by atoms with Crippen molar-refractivity contribution in [1.29, 1.82) is 0 Å². The quantitative estimate of drug-likeness (QED) is 0.0257. The number of phenols is 7. The molecule has 0 aliphatic rings. The van der Waals surface area contributed by atoms with E-state index in [0.29, 0.717) is 44.5 Å². The van der Waals surface area contributed by atoms with Gasteiger partial charge in [-0.15, -0.1) is 0 Å². The largest absolute Gasteiger partial charge is 0.508 e. The Kier molecular flexibility index (Phi) is 15.2. The average molecular weight is 1030 g/mol. The van der Waals surface area contributed by atoms with Crippen LogP contribution in [0.1, 0.15) is 73.8 Å². The van der Waals surface area contributed by atoms with Crippen LogP contribution in [0.4, 0.5) is 10.1 Å². The van der Waals surface area contributed by atoms with Crippen LogP contribution in [0.5, 0.6) is 63.2 Å². The summed E-state index contributed by atoms with van der Waals surface area (Å²) in [6.07, 6.45) is 3.92. The Balaban J connectivity index is 1.01. The zero-order valence-corrected chi connectivity index (χ0v) is 40.8. The van der Waals surface area contributed by atoms with Crippen molar-refractivity contribution >= 4 is 24.3 Å². The van der Waals surface area contributed by atoms with Crippen LogP contribution in [0.15, 0.2) is 203 Å². The van der Waals surface area contributed by atoms with Crippen molar-refractivity contribution in [3.63, 3.8) is 0 Å². The lowest BCUT2D eigenvalue weighted by molar-refractivity contribution is -0.384. The third kappa shape index (κ3) is 11.5. The predicted octanol–water partition coefficient (Wildman–Crippen LogP) is 13.2. The normalized spacial score (nSPS) is 12.4. The summed E-state index contributed by atoms with van der Waals surface area (Å²) in [6.45, 7) is 1.77. The molecule has 384 valence electrons. The molecule has 2 unspecified atom stereocenters. The molecule has 0 aliphatic heterocycles. The van der Waals surface area contributed by atoms with Crippen molar-refractivity contribution in [2.45, 2.75) is 25.0 Å². The van der Waals surface area contributed by atoms with Crippen LogP contribution >= 0.6 is 0 Å². The van der Waals surface area contributed by atoms with Crippen LogP contribution in [0, 0.1) is 22.9 Å². The average Bonchev–Trinajstić information content (AvgIpc) is 3.43. The number of benzene rings is 9. The maximum atomic E-state index is 16.3. The Labute approximate surface area is 440 Å². The Morgan fingerprint density at radius 3 is 1.19 bits per heavy atom. The highest BCUT2D eigenvalue weighted by molar-refractivity contribution is 5.86. The molecular weight excluding hydrogens is 984 g/mol. The number of nitrogens with zero attached hydrogens (tertiary/aromatic N) is 4. The summed E-state index contributed by atoms with van der Waals surface area (Å²) in [5, 5.41) is 88.5. The van der Waals surface area contributed by atoms with Gasteiger partial charge in [0.2, 0.25) is 0 Å². The molecule has 15 nitrogen and oxygen atoms in total. The molecule has 0 spiro atoms. The molecule has 0 radical (unpaired) electrons. The van der Waals surface area contributed by atoms with Crippen LogP contribution < -0.4 is 9.47 Å². The first kappa shape index (κ1) is 51.4. The van der Waals surface area contributed by atoms with Gasteiger partial charge in [-0.3, -0.25) is 25.1 Å². The van der Waals surface area contributed by atoms with Gasteiger partial charge < -0.3 is 45.2 Å². The molecule has 9 rings (SSSR count). The molecule has 0 fully saturated rings. The number of halogens is 1. The second-order valence-electron chi connectivity index (χ2n) is 17.6. The number of aliphatic imine (C=N–C) groups is 3. The van der Waals surface area contributed by atoms with E-state index >= 15 is 4.39 Å². The Morgan fingerprint density at radius 1 is 0.416 bits per heavy atom. The predicted molar refractivity (Wildman–Crippen MR) is 289 cm³/mol. The minimum absolute atomic E-state index is 0.0220. The van der Waals surface area contributed by atoms with Gasteiger partial charge in [-0.2, -0.15) is 0 Å². The summed E-state index contributed by atoms with van der Waals surface area (Å²) < 4.78 is 28.9. The summed E-state index contributed by atoms with van der Waals surface area (Å²) in [4.78, 5) is 25.0. The molecule has 0 aromatic heterocycles. The van der Waals surface area contributed by atoms with E-state index in [1.807, 2.05) is 0 Å². The Bertz CT molecular complexity index is 3710. The minimum Gasteiger partial charge on any atom is -0.508 e. The number of aryl methyl sites for hydroxylation is 1. The van der Waals surface area contributed by atoms with Crippen LogP contribution in [0.25, 0.3) is 0 Å². The molecule has 7 N–H and O–H groups in total. The van der Waals surface area contributed by atoms with Crippen LogP contribution in [-0.2, 0) is 0 Å². The molecule has 9 aromatic rings. The number of non-ortho nitro benzene ring substituents is 1. The molecule has 0 saturated carbocycles. The molecular formula is C61H47FN4O11. The maximum Gasteiger partial charge on any atom is 0.270 e. The summed E-state index contributed by atoms with van der Waals surface area (Å²) in [6, 6.07) is 45.2. The lowest BCUT2D eigenvalue weighted by Gasteiger charge is -2.20. The van der Waals surface area contributed by atoms with E-state index in [9.17, 15) is 45.9 Å². The Hall–Kier alpha value is -10.5. The standard InChI is InChI=1S/C61H47FN4O11/c1-36-28-37(33-63-59(41-14-2-8-20-49(41)68)42-15-3-9-21-50(42)69)53(72)31-57(36)76-55-24-12-6-18-45(55)60(43-16-4-10-22-51(43)70)65-35-39-30-47(62)58(32-54(39)73)77-56-25-13-7-19-46(56)61(44-17-5-11-23-52(44)71)64-34-38-29-40(66(74)75)26-27-48(38)67/h2-35,59-61,67-73H,1H3/b63-33+,64-34+,65-35+. The summed E-state index contributed by atoms with van der Waals surface area (Å²) in [5.74, 6) is -1.87. The first-order valence-corrected chi connectivity index (χ1v) is 23.8. The fraction of sp³-hybridized carbons (Fsp3) is 0.0656. The van der Waals surface area contributed by atoms with Gasteiger partial charge in [0.25, 0.3) is 5.69 Å². The fourth-order valence-electron chi connectivity index (χ4n) is 8.57. The SMILES string of the molecule is Cc1cc(/C=N/C(c2ccccc2O)c2ccccc2O)c(O)cc1Oc1ccccc1C(/N=C/c1cc(F)c(Oc2ccccc2C(/N=C/c2cc([N+](=O)[O-])ccc2O)c2ccccc2O)cc1O)c1ccccc1O. The van der Waals surface area contributed by atoms with Gasteiger partial charge in [0.05, 0.1) is 4.92 Å². The third-order valence-electron chi connectivity index (χ3n) is 12.5. The number of ether oxygens (including phenoxy) is 2. The highest BCUT2D eigenvalue weighted by Gasteiger charge is 2.25. The van der Waals surface area contributed by atoms with Gasteiger partial charge in [-0.25, -0.2) is 4.39 Å². The molecule has 2 atom stereocenters. The maximum absolute atomic E-state index is 16.3. The van der Waals surface area contributed by atoms with Crippen molar-refractivity contribution in [2.24, 2.45) is 15.0 Å². The van der Waals surface area contributed by atoms with E-state index in [4.69, 9.17) is 19.5 Å². The van der Waals surface area contributed by atoms with Gasteiger partial charge in [0.15, 0.2) is 11.6 Å². The summed E-state index contributed by atoms with van der Waals surface area (Å²) in [7, 11) is 0. The van der Waals surface area contributed by atoms with Gasteiger partial charge in [0, 0.05) is 93.0 Å². The summed E-state index contributed by atoms with van der Waals surface area (Å²) in [5.41, 5.74) is 2.89. The number of hydrogen-bond acceptors (Lipinski definition) is 14. The highest BCUT2D eigenvalue weighted by Crippen LogP contribution is 2.43. The highest BCUT2D eigenvalue weighted by atomic mass is 19.1. The Morgan fingerprint density at radius 2 is 0.766 bits per heavy atom. The monoisotopic (exact) mass is 1030 g/mol. The molecule has 16 heteroatoms. The van der Waals surface area contributed by atoms with Crippen molar-refractivity contribution in [3.05, 3.63) is 260 Å². The van der Waals surface area contributed by atoms with E-state index in [0.717, 1.165) is 24.3 Å². The molecule has 0 heterocycles. The van der Waals surface area contributed by atoms with Crippen LogP contribution in [0.2, 0.25) is 0 Å². The fourth-order valence-corrected chi connectivity index (χ4v) is 8.57. The molecule has 0 aliphatic carbocycles. The zero-order chi connectivity index (χ0) is 54.2. The smallest absolute Gasteiger partial charge is 0.270 e. The lowest BCUT2D eigenvalue weighted by Crippen LogP contribution is -2.04. The zero-order valence-electron chi connectivity index (χ0n) is 40.8. The van der Waals surface area contributed by atoms with E-state index < -0.39 is 34.6 Å². The number of nitro benzene ring substituents is 1. The first-order chi connectivity index (χ1) is 37.2. The van der Waals surface area contributed by atoms with Gasteiger partial charge >= 0.3 is 0 Å². The van der Waals surface area contributed by atoms with Crippen LogP contribution in [-0.4, -0.2) is 59.3 Å². The van der Waals surface area contributed by atoms with E-state index in [1.165, 1.54) is 61.1 Å². The molecule has 77 heavy (non-hydrogen) atoms. The van der Waals surface area contributed by atoms with Crippen molar-refractivity contribution in [2.75, 3.05) is 0 Å². The summed E-state index contributed by atoms with van der Waals surface area (Å²) >= 11 is 0. The number of hydrogen-bond donors (Lipinski definition) is 7. The topological polar surface area (TPSA) is 240 Å².